The smallest absolute Gasteiger partial charge is 0.225 e. The summed E-state index contributed by atoms with van der Waals surface area (Å²) in [5, 5.41) is 0.174. The summed E-state index contributed by atoms with van der Waals surface area (Å²) in [6.07, 6.45) is 1.54. The summed E-state index contributed by atoms with van der Waals surface area (Å²) in [6.45, 7) is 2.06. The van der Waals surface area contributed by atoms with E-state index in [1.54, 1.807) is 13.2 Å². The molecule has 0 radical (unpaired) electrons. The standard InChI is InChI=1S/C9H13ClN2O3/c1-13-4-5-14-6-7-15-8-2-3-11-9(10)12-8/h2-3H,4-7H2,1H3. The maximum atomic E-state index is 5.58. The second-order valence-electron chi connectivity index (χ2n) is 2.62. The number of methoxy groups -OCH3 is 1. The molecule has 1 rings (SSSR count). The van der Waals surface area contributed by atoms with Crippen molar-refractivity contribution in [2.75, 3.05) is 33.5 Å². The molecule has 0 amide bonds. The molecular formula is C9H13ClN2O3. The number of hydrogen-bond acceptors (Lipinski definition) is 5. The number of rotatable bonds is 7. The van der Waals surface area contributed by atoms with Crippen molar-refractivity contribution in [3.05, 3.63) is 17.5 Å². The van der Waals surface area contributed by atoms with Gasteiger partial charge in [0.25, 0.3) is 0 Å². The van der Waals surface area contributed by atoms with Gasteiger partial charge in [-0.2, -0.15) is 4.98 Å². The van der Waals surface area contributed by atoms with E-state index in [9.17, 15) is 0 Å². The molecule has 1 heterocycles. The molecule has 0 atom stereocenters. The second-order valence-corrected chi connectivity index (χ2v) is 2.96. The molecule has 15 heavy (non-hydrogen) atoms. The van der Waals surface area contributed by atoms with Gasteiger partial charge in [-0.15, -0.1) is 0 Å². The molecule has 84 valence electrons. The topological polar surface area (TPSA) is 53.5 Å². The summed E-state index contributed by atoms with van der Waals surface area (Å²) in [4.78, 5) is 7.59. The van der Waals surface area contributed by atoms with Gasteiger partial charge >= 0.3 is 0 Å². The lowest BCUT2D eigenvalue weighted by Crippen LogP contribution is -2.10. The maximum Gasteiger partial charge on any atom is 0.225 e. The Kier molecular flexibility index (Phi) is 5.99. The van der Waals surface area contributed by atoms with Crippen LogP contribution in [-0.4, -0.2) is 43.5 Å². The molecule has 1 aromatic rings. The van der Waals surface area contributed by atoms with Gasteiger partial charge in [0.1, 0.15) is 6.61 Å². The first-order valence-electron chi connectivity index (χ1n) is 4.51. The monoisotopic (exact) mass is 232 g/mol. The van der Waals surface area contributed by atoms with Gasteiger partial charge in [0.2, 0.25) is 11.2 Å². The molecule has 0 unspecified atom stereocenters. The van der Waals surface area contributed by atoms with E-state index >= 15 is 0 Å². The van der Waals surface area contributed by atoms with E-state index in [2.05, 4.69) is 9.97 Å². The summed E-state index contributed by atoms with van der Waals surface area (Å²) in [6, 6.07) is 1.64. The van der Waals surface area contributed by atoms with Crippen LogP contribution < -0.4 is 4.74 Å². The largest absolute Gasteiger partial charge is 0.475 e. The number of ether oxygens (including phenoxy) is 3. The number of halogens is 1. The Morgan fingerprint density at radius 3 is 2.80 bits per heavy atom. The Morgan fingerprint density at radius 2 is 2.07 bits per heavy atom. The van der Waals surface area contributed by atoms with E-state index in [0.717, 1.165) is 0 Å². The zero-order valence-corrected chi connectivity index (χ0v) is 9.24. The molecule has 0 saturated heterocycles. The minimum atomic E-state index is 0.174. The van der Waals surface area contributed by atoms with Crippen molar-refractivity contribution in [1.82, 2.24) is 9.97 Å². The van der Waals surface area contributed by atoms with Crippen molar-refractivity contribution in [2.45, 2.75) is 0 Å². The van der Waals surface area contributed by atoms with Gasteiger partial charge in [-0.1, -0.05) is 0 Å². The first kappa shape index (κ1) is 12.2. The quantitative estimate of drug-likeness (QED) is 0.522. The Labute approximate surface area is 93.3 Å². The minimum Gasteiger partial charge on any atom is -0.475 e. The van der Waals surface area contributed by atoms with Crippen molar-refractivity contribution in [3.63, 3.8) is 0 Å². The molecule has 0 aliphatic heterocycles. The fraction of sp³-hybridized carbons (Fsp3) is 0.556. The zero-order chi connectivity index (χ0) is 10.9. The Hall–Kier alpha value is -0.910. The van der Waals surface area contributed by atoms with E-state index in [1.807, 2.05) is 0 Å². The van der Waals surface area contributed by atoms with E-state index in [1.165, 1.54) is 6.20 Å². The molecule has 1 aromatic heterocycles. The molecule has 0 aliphatic carbocycles. The van der Waals surface area contributed by atoms with E-state index in [0.29, 0.717) is 32.3 Å². The molecule has 5 nitrogen and oxygen atoms in total. The predicted octanol–water partition coefficient (Wildman–Crippen LogP) is 1.17. The van der Waals surface area contributed by atoms with Crippen LogP contribution in [0.3, 0.4) is 0 Å². The lowest BCUT2D eigenvalue weighted by atomic mass is 10.6. The van der Waals surface area contributed by atoms with E-state index in [-0.39, 0.29) is 5.28 Å². The van der Waals surface area contributed by atoms with Crippen LogP contribution in [0.1, 0.15) is 0 Å². The molecular weight excluding hydrogens is 220 g/mol. The Morgan fingerprint density at radius 1 is 1.27 bits per heavy atom. The average molecular weight is 233 g/mol. The summed E-state index contributed by atoms with van der Waals surface area (Å²) >= 11 is 5.58. The summed E-state index contributed by atoms with van der Waals surface area (Å²) in [5.74, 6) is 0.449. The van der Waals surface area contributed by atoms with E-state index in [4.69, 9.17) is 25.8 Å². The molecule has 0 aromatic carbocycles. The van der Waals surface area contributed by atoms with Crippen molar-refractivity contribution in [1.29, 1.82) is 0 Å². The van der Waals surface area contributed by atoms with Gasteiger partial charge in [-0.3, -0.25) is 0 Å². The number of hydrogen-bond donors (Lipinski definition) is 0. The molecule has 6 heteroatoms. The lowest BCUT2D eigenvalue weighted by molar-refractivity contribution is 0.0536. The minimum absolute atomic E-state index is 0.174. The first-order valence-corrected chi connectivity index (χ1v) is 4.89. The number of nitrogens with zero attached hydrogens (tertiary/aromatic N) is 2. The van der Waals surface area contributed by atoms with Crippen LogP contribution in [-0.2, 0) is 9.47 Å². The van der Waals surface area contributed by atoms with E-state index < -0.39 is 0 Å². The fourth-order valence-electron chi connectivity index (χ4n) is 0.849. The zero-order valence-electron chi connectivity index (χ0n) is 8.48. The predicted molar refractivity (Wildman–Crippen MR) is 55.2 cm³/mol. The second kappa shape index (κ2) is 7.39. The highest BCUT2D eigenvalue weighted by Crippen LogP contribution is 2.07. The highest BCUT2D eigenvalue weighted by atomic mass is 35.5. The van der Waals surface area contributed by atoms with Crippen LogP contribution in [0, 0.1) is 0 Å². The van der Waals surface area contributed by atoms with Gasteiger partial charge < -0.3 is 14.2 Å². The van der Waals surface area contributed by atoms with Gasteiger partial charge in [0.05, 0.1) is 19.8 Å². The molecule has 0 fully saturated rings. The summed E-state index contributed by atoms with van der Waals surface area (Å²) < 4.78 is 15.3. The highest BCUT2D eigenvalue weighted by Gasteiger charge is 1.96. The third-order valence-electron chi connectivity index (χ3n) is 1.51. The van der Waals surface area contributed by atoms with Crippen molar-refractivity contribution >= 4 is 11.6 Å². The normalized spacial score (nSPS) is 10.3. The molecule has 0 aliphatic rings. The van der Waals surface area contributed by atoms with Gasteiger partial charge in [-0.05, 0) is 11.6 Å². The van der Waals surface area contributed by atoms with Crippen LogP contribution in [0.2, 0.25) is 5.28 Å². The first-order chi connectivity index (χ1) is 7.33. The molecule has 0 saturated carbocycles. The van der Waals surface area contributed by atoms with Gasteiger partial charge in [0, 0.05) is 19.4 Å². The van der Waals surface area contributed by atoms with Crippen LogP contribution >= 0.6 is 11.6 Å². The van der Waals surface area contributed by atoms with Gasteiger partial charge in [0.15, 0.2) is 0 Å². The fourth-order valence-corrected chi connectivity index (χ4v) is 0.989. The lowest BCUT2D eigenvalue weighted by Gasteiger charge is -2.05. The SMILES string of the molecule is COCCOCCOc1ccnc(Cl)n1. The Balaban J connectivity index is 2.10. The Bertz CT molecular complexity index is 286. The van der Waals surface area contributed by atoms with Crippen molar-refractivity contribution in [3.8, 4) is 5.88 Å². The molecule has 0 N–H and O–H groups in total. The summed E-state index contributed by atoms with van der Waals surface area (Å²) in [5.41, 5.74) is 0. The van der Waals surface area contributed by atoms with Crippen LogP contribution in [0.15, 0.2) is 12.3 Å². The highest BCUT2D eigenvalue weighted by molar-refractivity contribution is 6.28. The van der Waals surface area contributed by atoms with Crippen molar-refractivity contribution in [2.24, 2.45) is 0 Å². The third kappa shape index (κ3) is 5.51. The average Bonchev–Trinajstić information content (AvgIpc) is 2.23. The van der Waals surface area contributed by atoms with Crippen LogP contribution in [0.4, 0.5) is 0 Å². The van der Waals surface area contributed by atoms with Gasteiger partial charge in [-0.25, -0.2) is 4.98 Å². The molecule has 0 spiro atoms. The van der Waals surface area contributed by atoms with Crippen LogP contribution in [0.25, 0.3) is 0 Å². The number of aromatic nitrogens is 2. The summed E-state index contributed by atoms with van der Waals surface area (Å²) in [7, 11) is 1.63. The third-order valence-corrected chi connectivity index (χ3v) is 1.69. The van der Waals surface area contributed by atoms with Crippen molar-refractivity contribution < 1.29 is 14.2 Å². The van der Waals surface area contributed by atoms with Crippen LogP contribution in [0.5, 0.6) is 5.88 Å². The molecule has 0 bridgehead atoms. The maximum absolute atomic E-state index is 5.58.